The Morgan fingerprint density at radius 1 is 1.00 bits per heavy atom. The van der Waals surface area contributed by atoms with Gasteiger partial charge in [0.1, 0.15) is 0 Å². The van der Waals surface area contributed by atoms with E-state index in [1.54, 1.807) is 14.2 Å². The molecule has 0 bridgehead atoms. The fourth-order valence-corrected chi connectivity index (χ4v) is 2.08. The molecule has 0 spiro atoms. The zero-order valence-electron chi connectivity index (χ0n) is 10.9. The molecule has 0 saturated carbocycles. The van der Waals surface area contributed by atoms with Crippen LogP contribution in [0.2, 0.25) is 0 Å². The van der Waals surface area contributed by atoms with E-state index in [1.807, 2.05) is 45.0 Å². The standard InChI is InChI=1S/C13H19BrO3/c1-12(2,3)17-13(15-4,16-5)10-8-6-7-9-11(10)14/h6-9H,1-5H3. The van der Waals surface area contributed by atoms with Crippen molar-refractivity contribution in [2.45, 2.75) is 32.3 Å². The van der Waals surface area contributed by atoms with Gasteiger partial charge in [-0.1, -0.05) is 28.1 Å². The molecule has 0 fully saturated rings. The van der Waals surface area contributed by atoms with E-state index in [0.717, 1.165) is 10.0 Å². The lowest BCUT2D eigenvalue weighted by atomic mass is 10.1. The summed E-state index contributed by atoms with van der Waals surface area (Å²) in [5.41, 5.74) is 0.418. The van der Waals surface area contributed by atoms with Crippen LogP contribution in [0.15, 0.2) is 28.7 Å². The molecule has 0 atom stereocenters. The molecular formula is C13H19BrO3. The second-order valence-corrected chi connectivity index (χ2v) is 5.51. The molecule has 3 nitrogen and oxygen atoms in total. The van der Waals surface area contributed by atoms with Crippen LogP contribution >= 0.6 is 15.9 Å². The van der Waals surface area contributed by atoms with Crippen LogP contribution in [0.5, 0.6) is 0 Å². The third kappa shape index (κ3) is 3.52. The molecule has 1 aromatic rings. The third-order valence-corrected chi connectivity index (χ3v) is 2.87. The molecule has 17 heavy (non-hydrogen) atoms. The number of ether oxygens (including phenoxy) is 3. The summed E-state index contributed by atoms with van der Waals surface area (Å²) in [7, 11) is 3.13. The summed E-state index contributed by atoms with van der Waals surface area (Å²) < 4.78 is 17.7. The van der Waals surface area contributed by atoms with Gasteiger partial charge in [-0.3, -0.25) is 0 Å². The van der Waals surface area contributed by atoms with Crippen LogP contribution in [-0.4, -0.2) is 19.8 Å². The highest BCUT2D eigenvalue weighted by molar-refractivity contribution is 9.10. The fraction of sp³-hybridized carbons (Fsp3) is 0.538. The van der Waals surface area contributed by atoms with Gasteiger partial charge >= 0.3 is 5.97 Å². The highest BCUT2D eigenvalue weighted by Crippen LogP contribution is 2.36. The number of hydrogen-bond donors (Lipinski definition) is 0. The van der Waals surface area contributed by atoms with Crippen LogP contribution in [0.4, 0.5) is 0 Å². The first-order chi connectivity index (χ1) is 7.84. The molecule has 0 aliphatic heterocycles. The lowest BCUT2D eigenvalue weighted by Gasteiger charge is -2.37. The molecule has 0 unspecified atom stereocenters. The van der Waals surface area contributed by atoms with Crippen molar-refractivity contribution in [1.29, 1.82) is 0 Å². The van der Waals surface area contributed by atoms with Crippen LogP contribution in [0.1, 0.15) is 26.3 Å². The molecule has 96 valence electrons. The van der Waals surface area contributed by atoms with Gasteiger partial charge in [0.2, 0.25) is 0 Å². The van der Waals surface area contributed by atoms with Gasteiger partial charge in [-0.2, -0.15) is 0 Å². The number of benzene rings is 1. The van der Waals surface area contributed by atoms with Crippen molar-refractivity contribution in [3.63, 3.8) is 0 Å². The summed E-state index contributed by atoms with van der Waals surface area (Å²) in [4.78, 5) is 0. The molecule has 0 aliphatic carbocycles. The van der Waals surface area contributed by atoms with Crippen molar-refractivity contribution in [3.05, 3.63) is 34.3 Å². The number of methoxy groups -OCH3 is 2. The largest absolute Gasteiger partial charge is 0.327 e. The Morgan fingerprint density at radius 3 is 1.94 bits per heavy atom. The highest BCUT2D eigenvalue weighted by Gasteiger charge is 2.39. The Hall–Kier alpha value is -0.420. The average Bonchev–Trinajstić information content (AvgIpc) is 2.25. The van der Waals surface area contributed by atoms with E-state index in [1.165, 1.54) is 0 Å². The minimum Gasteiger partial charge on any atom is -0.327 e. The van der Waals surface area contributed by atoms with Crippen LogP contribution < -0.4 is 0 Å². The quantitative estimate of drug-likeness (QED) is 0.794. The maximum atomic E-state index is 5.92. The summed E-state index contributed by atoms with van der Waals surface area (Å²) in [6.45, 7) is 5.86. The van der Waals surface area contributed by atoms with Crippen LogP contribution in [0.25, 0.3) is 0 Å². The second-order valence-electron chi connectivity index (χ2n) is 4.66. The predicted octanol–water partition coefficient (Wildman–Crippen LogP) is 3.67. The normalized spacial score (nSPS) is 12.8. The van der Waals surface area contributed by atoms with Gasteiger partial charge < -0.3 is 14.2 Å². The van der Waals surface area contributed by atoms with Crippen molar-refractivity contribution < 1.29 is 14.2 Å². The van der Waals surface area contributed by atoms with Crippen molar-refractivity contribution in [3.8, 4) is 0 Å². The van der Waals surface area contributed by atoms with Gasteiger partial charge in [-0.25, -0.2) is 0 Å². The van der Waals surface area contributed by atoms with Gasteiger partial charge in [0.05, 0.1) is 11.2 Å². The van der Waals surface area contributed by atoms with E-state index in [2.05, 4.69) is 15.9 Å². The van der Waals surface area contributed by atoms with Crippen LogP contribution in [0, 0.1) is 0 Å². The molecule has 1 aromatic carbocycles. The molecule has 1 rings (SSSR count). The molecule has 0 amide bonds. The molecule has 0 N–H and O–H groups in total. The van der Waals surface area contributed by atoms with E-state index in [0.29, 0.717) is 0 Å². The number of hydrogen-bond acceptors (Lipinski definition) is 3. The van der Waals surface area contributed by atoms with Crippen LogP contribution in [-0.2, 0) is 20.2 Å². The van der Waals surface area contributed by atoms with E-state index < -0.39 is 5.97 Å². The van der Waals surface area contributed by atoms with Crippen LogP contribution in [0.3, 0.4) is 0 Å². The van der Waals surface area contributed by atoms with E-state index in [9.17, 15) is 0 Å². The molecule has 0 aliphatic rings. The van der Waals surface area contributed by atoms with Crippen molar-refractivity contribution in [2.75, 3.05) is 14.2 Å². The molecule has 0 saturated heterocycles. The maximum Gasteiger partial charge on any atom is 0.313 e. The summed E-state index contributed by atoms with van der Waals surface area (Å²) in [6.07, 6.45) is 0. The lowest BCUT2D eigenvalue weighted by molar-refractivity contribution is -0.402. The Labute approximate surface area is 111 Å². The molecule has 0 heterocycles. The molecule has 4 heteroatoms. The monoisotopic (exact) mass is 302 g/mol. The van der Waals surface area contributed by atoms with Gasteiger partial charge in [-0.15, -0.1) is 0 Å². The van der Waals surface area contributed by atoms with Gasteiger partial charge in [0, 0.05) is 18.7 Å². The minimum absolute atomic E-state index is 0.388. The molecule has 0 aromatic heterocycles. The summed E-state index contributed by atoms with van der Waals surface area (Å²) in [5.74, 6) is -1.20. The van der Waals surface area contributed by atoms with Gasteiger partial charge in [0.25, 0.3) is 0 Å². The predicted molar refractivity (Wildman–Crippen MR) is 70.7 cm³/mol. The topological polar surface area (TPSA) is 27.7 Å². The maximum absolute atomic E-state index is 5.92. The van der Waals surface area contributed by atoms with E-state index in [-0.39, 0.29) is 5.60 Å². The average molecular weight is 303 g/mol. The lowest BCUT2D eigenvalue weighted by Crippen LogP contribution is -2.41. The Balaban J connectivity index is 3.20. The summed E-state index contributed by atoms with van der Waals surface area (Å²) >= 11 is 3.48. The van der Waals surface area contributed by atoms with E-state index >= 15 is 0 Å². The van der Waals surface area contributed by atoms with E-state index in [4.69, 9.17) is 14.2 Å². The highest BCUT2D eigenvalue weighted by atomic mass is 79.9. The zero-order valence-corrected chi connectivity index (χ0v) is 12.5. The Kier molecular flexibility index (Phi) is 4.72. The second kappa shape index (κ2) is 5.48. The molecule has 0 radical (unpaired) electrons. The number of halogens is 1. The summed E-state index contributed by atoms with van der Waals surface area (Å²) in [6, 6.07) is 7.68. The Bertz CT molecular complexity index is 367. The zero-order chi connectivity index (χ0) is 13.1. The van der Waals surface area contributed by atoms with Crippen molar-refractivity contribution in [1.82, 2.24) is 0 Å². The summed E-state index contributed by atoms with van der Waals surface area (Å²) in [5, 5.41) is 0. The SMILES string of the molecule is COC(OC)(OC(C)(C)C)c1ccccc1Br. The molecular weight excluding hydrogens is 284 g/mol. The fourth-order valence-electron chi connectivity index (χ4n) is 1.55. The Morgan fingerprint density at radius 2 is 1.53 bits per heavy atom. The van der Waals surface area contributed by atoms with Crippen molar-refractivity contribution >= 4 is 15.9 Å². The first-order valence-corrected chi connectivity index (χ1v) is 6.19. The van der Waals surface area contributed by atoms with Crippen molar-refractivity contribution in [2.24, 2.45) is 0 Å². The number of rotatable bonds is 4. The smallest absolute Gasteiger partial charge is 0.313 e. The first kappa shape index (κ1) is 14.6. The first-order valence-electron chi connectivity index (χ1n) is 5.40. The van der Waals surface area contributed by atoms with Gasteiger partial charge in [-0.05, 0) is 32.9 Å². The third-order valence-electron chi connectivity index (χ3n) is 2.18. The van der Waals surface area contributed by atoms with Gasteiger partial charge in [0.15, 0.2) is 0 Å². The minimum atomic E-state index is -1.20.